The standard InChI is InChI=1S/C20H20N2O2/c1-13-16-10-6-5-9-15(16)12-18(13)22-19(23)17(21-20(22)24)11-14-7-3-2-4-8-14/h2-10,13,17-18H,11-12H2,1H3,(H,21,24)/t13-,17?,18+/m0/s1. The minimum absolute atomic E-state index is 0.0873. The van der Waals surface area contributed by atoms with Crippen LogP contribution in [-0.2, 0) is 17.6 Å². The molecule has 2 aliphatic rings. The van der Waals surface area contributed by atoms with Gasteiger partial charge in [0.1, 0.15) is 6.04 Å². The topological polar surface area (TPSA) is 49.4 Å². The van der Waals surface area contributed by atoms with E-state index in [0.29, 0.717) is 6.42 Å². The van der Waals surface area contributed by atoms with Gasteiger partial charge in [-0.25, -0.2) is 4.79 Å². The van der Waals surface area contributed by atoms with Crippen LogP contribution in [0.1, 0.15) is 29.5 Å². The van der Waals surface area contributed by atoms with Crippen LogP contribution in [0.2, 0.25) is 0 Å². The van der Waals surface area contributed by atoms with Gasteiger partial charge < -0.3 is 5.32 Å². The summed E-state index contributed by atoms with van der Waals surface area (Å²) in [6, 6.07) is 17.2. The summed E-state index contributed by atoms with van der Waals surface area (Å²) in [7, 11) is 0. The first kappa shape index (κ1) is 14.9. The van der Waals surface area contributed by atoms with Crippen molar-refractivity contribution >= 4 is 11.9 Å². The van der Waals surface area contributed by atoms with Gasteiger partial charge in [0.15, 0.2) is 0 Å². The van der Waals surface area contributed by atoms with E-state index in [4.69, 9.17) is 0 Å². The van der Waals surface area contributed by atoms with Gasteiger partial charge in [-0.3, -0.25) is 9.69 Å². The van der Waals surface area contributed by atoms with E-state index in [1.165, 1.54) is 16.0 Å². The van der Waals surface area contributed by atoms with Crippen molar-refractivity contribution in [1.29, 1.82) is 0 Å². The fourth-order valence-corrected chi connectivity index (χ4v) is 3.94. The molecule has 0 radical (unpaired) electrons. The van der Waals surface area contributed by atoms with Crippen molar-refractivity contribution in [3.63, 3.8) is 0 Å². The Morgan fingerprint density at radius 2 is 1.75 bits per heavy atom. The molecule has 1 heterocycles. The van der Waals surface area contributed by atoms with E-state index < -0.39 is 6.04 Å². The number of benzene rings is 2. The molecule has 0 aromatic heterocycles. The number of nitrogens with one attached hydrogen (secondary N) is 1. The lowest BCUT2D eigenvalue weighted by Gasteiger charge is -2.25. The number of carbonyl (C=O) groups is 2. The molecule has 2 aromatic rings. The maximum absolute atomic E-state index is 12.8. The number of fused-ring (bicyclic) bond motifs is 1. The molecule has 0 bridgehead atoms. The summed E-state index contributed by atoms with van der Waals surface area (Å²) in [4.78, 5) is 26.8. The summed E-state index contributed by atoms with van der Waals surface area (Å²) in [5.74, 6) is 0.0693. The molecule has 0 spiro atoms. The van der Waals surface area contributed by atoms with Crippen molar-refractivity contribution in [2.45, 2.75) is 37.8 Å². The van der Waals surface area contributed by atoms with Gasteiger partial charge >= 0.3 is 6.03 Å². The highest BCUT2D eigenvalue weighted by Crippen LogP contribution is 2.37. The summed E-state index contributed by atoms with van der Waals surface area (Å²) < 4.78 is 0. The predicted octanol–water partition coefficient (Wildman–Crippen LogP) is 2.88. The van der Waals surface area contributed by atoms with Crippen molar-refractivity contribution in [3.8, 4) is 0 Å². The van der Waals surface area contributed by atoms with Crippen LogP contribution >= 0.6 is 0 Å². The Bertz CT molecular complexity index is 787. The smallest absolute Gasteiger partial charge is 0.325 e. The Labute approximate surface area is 141 Å². The summed E-state index contributed by atoms with van der Waals surface area (Å²) in [5, 5.41) is 2.86. The maximum atomic E-state index is 12.8. The molecular weight excluding hydrogens is 300 g/mol. The Morgan fingerprint density at radius 1 is 1.04 bits per heavy atom. The minimum atomic E-state index is -0.462. The molecule has 3 amide bonds. The molecule has 1 N–H and O–H groups in total. The molecule has 0 saturated carbocycles. The second kappa shape index (κ2) is 5.78. The number of carbonyl (C=O) groups excluding carboxylic acids is 2. The van der Waals surface area contributed by atoms with Crippen LogP contribution < -0.4 is 5.32 Å². The van der Waals surface area contributed by atoms with E-state index in [1.807, 2.05) is 42.5 Å². The highest BCUT2D eigenvalue weighted by Gasteiger charge is 2.46. The summed E-state index contributed by atoms with van der Waals surface area (Å²) in [6.45, 7) is 2.10. The zero-order chi connectivity index (χ0) is 16.7. The summed E-state index contributed by atoms with van der Waals surface area (Å²) >= 11 is 0. The van der Waals surface area contributed by atoms with Crippen LogP contribution in [0, 0.1) is 0 Å². The molecule has 2 aromatic carbocycles. The first-order chi connectivity index (χ1) is 11.6. The van der Waals surface area contributed by atoms with Crippen molar-refractivity contribution in [2.75, 3.05) is 0 Å². The Hall–Kier alpha value is -2.62. The average molecular weight is 320 g/mol. The molecule has 1 saturated heterocycles. The van der Waals surface area contributed by atoms with Gasteiger partial charge in [-0.2, -0.15) is 0 Å². The highest BCUT2D eigenvalue weighted by molar-refractivity contribution is 6.04. The summed E-state index contributed by atoms with van der Waals surface area (Å²) in [5.41, 5.74) is 3.54. The van der Waals surface area contributed by atoms with Crippen LogP contribution in [0.3, 0.4) is 0 Å². The zero-order valence-electron chi connectivity index (χ0n) is 13.6. The number of hydrogen-bond acceptors (Lipinski definition) is 2. The second-order valence-corrected chi connectivity index (χ2v) is 6.66. The fraction of sp³-hybridized carbons (Fsp3) is 0.300. The van der Waals surface area contributed by atoms with Crippen molar-refractivity contribution in [1.82, 2.24) is 10.2 Å². The first-order valence-electron chi connectivity index (χ1n) is 8.40. The monoisotopic (exact) mass is 320 g/mol. The average Bonchev–Trinajstić information content (AvgIpc) is 3.06. The Kier molecular flexibility index (Phi) is 3.60. The molecule has 1 fully saturated rings. The molecule has 1 aliphatic heterocycles. The fourth-order valence-electron chi connectivity index (χ4n) is 3.94. The molecular formula is C20H20N2O2. The van der Waals surface area contributed by atoms with Gasteiger partial charge in [-0.1, -0.05) is 61.5 Å². The Balaban J connectivity index is 1.55. The van der Waals surface area contributed by atoms with E-state index in [1.54, 1.807) is 0 Å². The van der Waals surface area contributed by atoms with Gasteiger partial charge in [0, 0.05) is 12.3 Å². The van der Waals surface area contributed by atoms with E-state index in [-0.39, 0.29) is 23.9 Å². The van der Waals surface area contributed by atoms with E-state index in [2.05, 4.69) is 24.4 Å². The van der Waals surface area contributed by atoms with Gasteiger partial charge in [0.2, 0.25) is 0 Å². The molecule has 4 rings (SSSR count). The third-order valence-electron chi connectivity index (χ3n) is 5.22. The molecule has 1 unspecified atom stereocenters. The maximum Gasteiger partial charge on any atom is 0.325 e. The second-order valence-electron chi connectivity index (χ2n) is 6.66. The molecule has 1 aliphatic carbocycles. The number of hydrogen-bond donors (Lipinski definition) is 1. The SMILES string of the molecule is C[C@H]1c2ccccc2C[C@H]1N1C(=O)NC(Cc2ccccc2)C1=O. The van der Waals surface area contributed by atoms with Crippen molar-refractivity contribution in [3.05, 3.63) is 71.3 Å². The van der Waals surface area contributed by atoms with E-state index >= 15 is 0 Å². The van der Waals surface area contributed by atoms with Crippen LogP contribution in [0.4, 0.5) is 4.79 Å². The van der Waals surface area contributed by atoms with Gasteiger partial charge in [0.05, 0.1) is 6.04 Å². The third kappa shape index (κ3) is 2.39. The normalized spacial score (nSPS) is 25.7. The highest BCUT2D eigenvalue weighted by atomic mass is 16.2. The molecule has 24 heavy (non-hydrogen) atoms. The zero-order valence-corrected chi connectivity index (χ0v) is 13.6. The number of urea groups is 1. The van der Waals surface area contributed by atoms with Crippen molar-refractivity contribution in [2.24, 2.45) is 0 Å². The lowest BCUT2D eigenvalue weighted by Crippen LogP contribution is -2.43. The van der Waals surface area contributed by atoms with Crippen molar-refractivity contribution < 1.29 is 9.59 Å². The molecule has 122 valence electrons. The lowest BCUT2D eigenvalue weighted by atomic mass is 9.99. The number of rotatable bonds is 3. The van der Waals surface area contributed by atoms with Crippen LogP contribution in [0.25, 0.3) is 0 Å². The van der Waals surface area contributed by atoms with Gasteiger partial charge in [0.25, 0.3) is 5.91 Å². The van der Waals surface area contributed by atoms with Gasteiger partial charge in [-0.05, 0) is 23.1 Å². The number of amides is 3. The quantitative estimate of drug-likeness (QED) is 0.884. The third-order valence-corrected chi connectivity index (χ3v) is 5.22. The molecule has 4 nitrogen and oxygen atoms in total. The van der Waals surface area contributed by atoms with E-state index in [0.717, 1.165) is 12.0 Å². The molecule has 4 heteroatoms. The number of imide groups is 1. The van der Waals surface area contributed by atoms with Crippen LogP contribution in [0.15, 0.2) is 54.6 Å². The first-order valence-corrected chi connectivity index (χ1v) is 8.40. The number of nitrogens with zero attached hydrogens (tertiary/aromatic N) is 1. The largest absolute Gasteiger partial charge is 0.325 e. The Morgan fingerprint density at radius 3 is 2.50 bits per heavy atom. The van der Waals surface area contributed by atoms with Gasteiger partial charge in [-0.15, -0.1) is 0 Å². The predicted molar refractivity (Wildman–Crippen MR) is 91.7 cm³/mol. The minimum Gasteiger partial charge on any atom is -0.325 e. The van der Waals surface area contributed by atoms with Crippen LogP contribution in [0.5, 0.6) is 0 Å². The summed E-state index contributed by atoms with van der Waals surface area (Å²) in [6.07, 6.45) is 1.28. The van der Waals surface area contributed by atoms with E-state index in [9.17, 15) is 9.59 Å². The molecule has 3 atom stereocenters. The van der Waals surface area contributed by atoms with Crippen LogP contribution in [-0.4, -0.2) is 28.9 Å². The lowest BCUT2D eigenvalue weighted by molar-refractivity contribution is -0.129.